The second-order valence-electron chi connectivity index (χ2n) is 23.7. The van der Waals surface area contributed by atoms with Crippen molar-refractivity contribution in [3.8, 4) is 22.3 Å². The van der Waals surface area contributed by atoms with Crippen LogP contribution in [0.5, 0.6) is 0 Å². The van der Waals surface area contributed by atoms with Crippen molar-refractivity contribution in [1.29, 1.82) is 0 Å². The first-order valence-electron chi connectivity index (χ1n) is 30.7. The zero-order valence-electron chi connectivity index (χ0n) is 49.6. The van der Waals surface area contributed by atoms with Crippen molar-refractivity contribution >= 4 is 162 Å². The summed E-state index contributed by atoms with van der Waals surface area (Å²) in [6.45, 7) is 6.76. The fraction of sp³-hybridized carbons (Fsp3) is 0.0370. The molecular formula is C81H58B2N4Se2. The normalized spacial score (nSPS) is 12.9. The van der Waals surface area contributed by atoms with Gasteiger partial charge in [-0.05, 0) is 0 Å². The summed E-state index contributed by atoms with van der Waals surface area (Å²) in [4.78, 5) is 10.1. The van der Waals surface area contributed by atoms with Crippen molar-refractivity contribution in [2.45, 2.75) is 20.8 Å². The molecule has 4 heterocycles. The van der Waals surface area contributed by atoms with Crippen molar-refractivity contribution in [2.75, 3.05) is 19.6 Å². The zero-order chi connectivity index (χ0) is 59.3. The first-order valence-corrected chi connectivity index (χ1v) is 34.1. The number of hydrogen-bond donors (Lipinski definition) is 0. The molecule has 4 aliphatic rings. The fourth-order valence-electron chi connectivity index (χ4n) is 14.9. The average molecular weight is 1270 g/mol. The summed E-state index contributed by atoms with van der Waals surface area (Å²) in [5.41, 5.74) is 31.5. The average Bonchev–Trinajstić information content (AvgIpc) is 0.713. The molecule has 13 aromatic carbocycles. The van der Waals surface area contributed by atoms with E-state index in [9.17, 15) is 0 Å². The summed E-state index contributed by atoms with van der Waals surface area (Å²) < 4.78 is 5.78. The molecule has 0 bridgehead atoms. The van der Waals surface area contributed by atoms with Gasteiger partial charge in [-0.3, -0.25) is 0 Å². The van der Waals surface area contributed by atoms with E-state index in [1.165, 1.54) is 112 Å². The molecule has 4 aliphatic heterocycles. The first-order chi connectivity index (χ1) is 43.9. The topological polar surface area (TPSA) is 13.0 Å². The Morgan fingerprint density at radius 1 is 0.292 bits per heavy atom. The molecule has 0 amide bonds. The predicted molar refractivity (Wildman–Crippen MR) is 382 cm³/mol. The van der Waals surface area contributed by atoms with Gasteiger partial charge in [-0.25, -0.2) is 0 Å². The zero-order valence-corrected chi connectivity index (χ0v) is 53.0. The van der Waals surface area contributed by atoms with Crippen molar-refractivity contribution in [1.82, 2.24) is 0 Å². The van der Waals surface area contributed by atoms with Crippen LogP contribution in [0.1, 0.15) is 16.7 Å². The van der Waals surface area contributed by atoms with Gasteiger partial charge in [0.2, 0.25) is 0 Å². The molecule has 0 aliphatic carbocycles. The van der Waals surface area contributed by atoms with Gasteiger partial charge in [-0.1, -0.05) is 0 Å². The summed E-state index contributed by atoms with van der Waals surface area (Å²) in [6.07, 6.45) is 0. The summed E-state index contributed by atoms with van der Waals surface area (Å²) in [6, 6.07) is 112. The van der Waals surface area contributed by atoms with Crippen molar-refractivity contribution < 1.29 is 0 Å². The third-order valence-corrected chi connectivity index (χ3v) is 23.4. The number of hydrogen-bond acceptors (Lipinski definition) is 4. The van der Waals surface area contributed by atoms with E-state index in [1.54, 1.807) is 0 Å². The van der Waals surface area contributed by atoms with E-state index in [4.69, 9.17) is 0 Å². The molecule has 420 valence electrons. The van der Waals surface area contributed by atoms with Gasteiger partial charge in [0.15, 0.2) is 0 Å². The Morgan fingerprint density at radius 2 is 0.629 bits per heavy atom. The van der Waals surface area contributed by atoms with Gasteiger partial charge in [0, 0.05) is 0 Å². The van der Waals surface area contributed by atoms with Crippen LogP contribution in [-0.4, -0.2) is 43.3 Å². The second-order valence-corrected chi connectivity index (χ2v) is 28.1. The van der Waals surface area contributed by atoms with E-state index in [2.05, 4.69) is 338 Å². The Balaban J connectivity index is 0.995. The van der Waals surface area contributed by atoms with E-state index in [0.29, 0.717) is 0 Å². The van der Waals surface area contributed by atoms with Crippen LogP contribution < -0.4 is 70.2 Å². The second kappa shape index (κ2) is 21.8. The van der Waals surface area contributed by atoms with Crippen LogP contribution in [0.15, 0.2) is 297 Å². The van der Waals surface area contributed by atoms with Crippen LogP contribution in [0, 0.1) is 20.8 Å². The van der Waals surface area contributed by atoms with Crippen LogP contribution in [0.25, 0.3) is 22.3 Å². The summed E-state index contributed by atoms with van der Waals surface area (Å²) in [5.74, 6) is 0. The summed E-state index contributed by atoms with van der Waals surface area (Å²) in [5, 5.41) is 0. The van der Waals surface area contributed by atoms with Crippen molar-refractivity contribution in [2.24, 2.45) is 0 Å². The molecule has 0 unspecified atom stereocenters. The molecule has 0 radical (unpaired) electrons. The Bertz CT molecular complexity index is 4560. The molecule has 0 saturated heterocycles. The van der Waals surface area contributed by atoms with E-state index >= 15 is 0 Å². The third kappa shape index (κ3) is 8.80. The molecule has 0 saturated carbocycles. The quantitative estimate of drug-likeness (QED) is 0.127. The Morgan fingerprint density at radius 3 is 1.02 bits per heavy atom. The van der Waals surface area contributed by atoms with Crippen LogP contribution >= 0.6 is 0 Å². The van der Waals surface area contributed by atoms with Crippen LogP contribution in [-0.2, 0) is 0 Å². The van der Waals surface area contributed by atoms with Gasteiger partial charge in [0.25, 0.3) is 0 Å². The Kier molecular flexibility index (Phi) is 13.1. The summed E-state index contributed by atoms with van der Waals surface area (Å²) in [7, 11) is 0. The molecule has 4 nitrogen and oxygen atoms in total. The molecule has 89 heavy (non-hydrogen) atoms. The van der Waals surface area contributed by atoms with Crippen LogP contribution in [0.3, 0.4) is 0 Å². The van der Waals surface area contributed by atoms with Crippen LogP contribution in [0.4, 0.5) is 68.2 Å². The SMILES string of the molecule is Cc1cc(C)c(-c2ccccc2-c2c3c(cc4c2[Se]c2cc(N(c5ccccc5)c5ccccc5)cc5c2B4c2ccccc2N5c2ccccc2)B2c4ccccc4N(c4ccccc4)c4cc(N(c5ccccc5)c5ccccc5)cc(c42)[Se]3)c(C)c1. The maximum absolute atomic E-state index is 2.75. The third-order valence-electron chi connectivity index (χ3n) is 18.3. The molecule has 0 atom stereocenters. The first kappa shape index (κ1) is 53.5. The van der Waals surface area contributed by atoms with Crippen molar-refractivity contribution in [3.63, 3.8) is 0 Å². The van der Waals surface area contributed by atoms with E-state index in [0.717, 1.165) is 45.5 Å². The predicted octanol–water partition coefficient (Wildman–Crippen LogP) is 13.4. The summed E-state index contributed by atoms with van der Waals surface area (Å²) >= 11 is -0.354. The molecular weight excluding hydrogens is 1210 g/mol. The molecule has 0 N–H and O–H groups in total. The van der Waals surface area contributed by atoms with Gasteiger partial charge >= 0.3 is 539 Å². The number of anilines is 12. The van der Waals surface area contributed by atoms with E-state index in [1.807, 2.05) is 0 Å². The minimum absolute atomic E-state index is 0.0579. The van der Waals surface area contributed by atoms with Gasteiger partial charge in [-0.15, -0.1) is 0 Å². The number of aryl methyl sites for hydroxylation is 3. The molecule has 0 spiro atoms. The Labute approximate surface area is 534 Å². The molecule has 17 rings (SSSR count). The number of rotatable bonds is 10. The fourth-order valence-corrected chi connectivity index (χ4v) is 20.9. The molecule has 0 fully saturated rings. The van der Waals surface area contributed by atoms with Gasteiger partial charge in [-0.2, -0.15) is 0 Å². The molecule has 13 aromatic rings. The van der Waals surface area contributed by atoms with Crippen LogP contribution in [0.2, 0.25) is 0 Å². The van der Waals surface area contributed by atoms with Crippen molar-refractivity contribution in [3.05, 3.63) is 314 Å². The maximum atomic E-state index is 2.75. The number of benzene rings is 13. The van der Waals surface area contributed by atoms with Gasteiger partial charge in [0.1, 0.15) is 0 Å². The Hall–Kier alpha value is -9.77. The minimum atomic E-state index is -0.177. The number of nitrogens with zero attached hydrogens (tertiary/aromatic N) is 4. The van der Waals surface area contributed by atoms with Gasteiger partial charge in [0.05, 0.1) is 0 Å². The molecule has 8 heteroatoms. The number of fused-ring (bicyclic) bond motifs is 8. The van der Waals surface area contributed by atoms with Gasteiger partial charge < -0.3 is 0 Å². The van der Waals surface area contributed by atoms with E-state index in [-0.39, 0.29) is 43.3 Å². The monoisotopic (exact) mass is 1270 g/mol. The van der Waals surface area contributed by atoms with E-state index < -0.39 is 0 Å². The number of para-hydroxylation sites is 8. The molecule has 0 aromatic heterocycles. The standard InChI is InChI=1S/C81H58B2N4Se2/c1-53-46-54(2)76(55(3)47-53)64-40-22-23-41-65(64)77-80-68(82-66-42-24-26-44-70(66)86(60-36-18-8-19-37-60)72-48-62(50-74(88-80)78(72)82)84(56-28-10-4-11-29-56)57-30-12-5-13-31-57)52-69-81(77)89-75-51-63(85(58-32-14-6-15-33-58)59-34-16-7-17-35-59)49-73-79(75)83(69)67-43-25-27-45-71(67)87(73)61-38-20-9-21-39-61/h4-52H,1-3H3.